The predicted molar refractivity (Wildman–Crippen MR) is 67.4 cm³/mol. The number of imide groups is 1. The highest BCUT2D eigenvalue weighted by Crippen LogP contribution is 2.19. The first-order valence-corrected chi connectivity index (χ1v) is 6.57. The van der Waals surface area contributed by atoms with Gasteiger partial charge in [0.1, 0.15) is 11.8 Å². The molecule has 1 saturated heterocycles. The number of hydrogen-bond acceptors (Lipinski definition) is 4. The van der Waals surface area contributed by atoms with Gasteiger partial charge in [-0.25, -0.2) is 4.79 Å². The van der Waals surface area contributed by atoms with Crippen LogP contribution in [0.2, 0.25) is 0 Å². The van der Waals surface area contributed by atoms with Gasteiger partial charge < -0.3 is 15.1 Å². The van der Waals surface area contributed by atoms with Crippen molar-refractivity contribution < 1.29 is 18.8 Å². The van der Waals surface area contributed by atoms with Crippen LogP contribution in [0.3, 0.4) is 0 Å². The molecule has 0 spiro atoms. The minimum Gasteiger partial charge on any atom is -0.467 e. The van der Waals surface area contributed by atoms with Crippen molar-refractivity contribution in [2.24, 2.45) is 0 Å². The summed E-state index contributed by atoms with van der Waals surface area (Å²) in [5.41, 5.74) is 0. The van der Waals surface area contributed by atoms with Gasteiger partial charge in [0.05, 0.1) is 19.2 Å². The molecule has 1 aliphatic carbocycles. The van der Waals surface area contributed by atoms with Crippen LogP contribution in [0.15, 0.2) is 22.8 Å². The quantitative estimate of drug-likeness (QED) is 0.761. The molecule has 106 valence electrons. The highest BCUT2D eigenvalue weighted by atomic mass is 16.3. The fourth-order valence-corrected chi connectivity index (χ4v) is 2.12. The Labute approximate surface area is 115 Å². The average Bonchev–Trinajstić information content (AvgIpc) is 2.98. The Balaban J connectivity index is 1.59. The van der Waals surface area contributed by atoms with Gasteiger partial charge in [0.15, 0.2) is 0 Å². The van der Waals surface area contributed by atoms with E-state index in [1.54, 1.807) is 12.1 Å². The summed E-state index contributed by atoms with van der Waals surface area (Å²) in [6.45, 7) is 0.0818. The molecule has 1 aliphatic heterocycles. The minimum atomic E-state index is -0.781. The zero-order valence-electron chi connectivity index (χ0n) is 10.8. The summed E-state index contributed by atoms with van der Waals surface area (Å²) in [6, 6.07) is 2.35. The number of amides is 4. The van der Waals surface area contributed by atoms with E-state index in [0.717, 1.165) is 17.7 Å². The zero-order chi connectivity index (χ0) is 14.1. The van der Waals surface area contributed by atoms with Crippen molar-refractivity contribution in [3.8, 4) is 0 Å². The molecule has 2 aliphatic rings. The molecular weight excluding hydrogens is 262 g/mol. The van der Waals surface area contributed by atoms with E-state index < -0.39 is 18.0 Å². The Kier molecular flexibility index (Phi) is 3.17. The highest BCUT2D eigenvalue weighted by molar-refractivity contribution is 6.05. The van der Waals surface area contributed by atoms with E-state index in [-0.39, 0.29) is 24.9 Å². The summed E-state index contributed by atoms with van der Waals surface area (Å²) in [6.07, 6.45) is 3.44. The third kappa shape index (κ3) is 2.66. The topological polar surface area (TPSA) is 91.7 Å². The fourth-order valence-electron chi connectivity index (χ4n) is 2.12. The summed E-state index contributed by atoms with van der Waals surface area (Å²) in [5, 5.41) is 5.32. The van der Waals surface area contributed by atoms with Gasteiger partial charge in [0, 0.05) is 6.04 Å². The molecule has 1 aromatic heterocycles. The lowest BCUT2D eigenvalue weighted by Crippen LogP contribution is -2.37. The zero-order valence-corrected chi connectivity index (χ0v) is 10.8. The van der Waals surface area contributed by atoms with Crippen molar-refractivity contribution in [3.05, 3.63) is 24.2 Å². The molecule has 0 bridgehead atoms. The van der Waals surface area contributed by atoms with Gasteiger partial charge >= 0.3 is 6.03 Å². The maximum atomic E-state index is 12.1. The van der Waals surface area contributed by atoms with Crippen LogP contribution < -0.4 is 10.6 Å². The van der Waals surface area contributed by atoms with Crippen LogP contribution in [0.1, 0.15) is 25.0 Å². The Hall–Kier alpha value is -2.31. The standard InChI is InChI=1S/C13H15N3O4/c17-11(14-8-3-4-8)6-10-12(18)16(13(19)15-10)7-9-2-1-5-20-9/h1-2,5,8,10H,3-4,6-7H2,(H,14,17)(H,15,19)/t10-/m1/s1. The molecule has 7 heteroatoms. The summed E-state index contributed by atoms with van der Waals surface area (Å²) in [7, 11) is 0. The van der Waals surface area contributed by atoms with E-state index in [1.165, 1.54) is 6.26 Å². The largest absolute Gasteiger partial charge is 0.467 e. The third-order valence-electron chi connectivity index (χ3n) is 3.33. The van der Waals surface area contributed by atoms with E-state index >= 15 is 0 Å². The average molecular weight is 277 g/mol. The Morgan fingerprint density at radius 1 is 1.45 bits per heavy atom. The minimum absolute atomic E-state index is 0.0181. The Bertz CT molecular complexity index is 536. The number of rotatable bonds is 5. The van der Waals surface area contributed by atoms with Gasteiger partial charge in [-0.3, -0.25) is 14.5 Å². The Morgan fingerprint density at radius 2 is 2.25 bits per heavy atom. The number of nitrogens with one attached hydrogen (secondary N) is 2. The van der Waals surface area contributed by atoms with Gasteiger partial charge in [0.2, 0.25) is 5.91 Å². The van der Waals surface area contributed by atoms with Crippen molar-refractivity contribution in [1.29, 1.82) is 0 Å². The molecule has 4 amide bonds. The molecule has 2 heterocycles. The molecule has 2 N–H and O–H groups in total. The molecule has 20 heavy (non-hydrogen) atoms. The van der Waals surface area contributed by atoms with Crippen LogP contribution in [0, 0.1) is 0 Å². The number of furan rings is 1. The van der Waals surface area contributed by atoms with Crippen LogP contribution in [-0.4, -0.2) is 34.8 Å². The Morgan fingerprint density at radius 3 is 2.90 bits per heavy atom. The smallest absolute Gasteiger partial charge is 0.325 e. The molecule has 0 unspecified atom stereocenters. The first-order valence-electron chi connectivity index (χ1n) is 6.57. The number of nitrogens with zero attached hydrogens (tertiary/aromatic N) is 1. The lowest BCUT2D eigenvalue weighted by atomic mass is 10.2. The van der Waals surface area contributed by atoms with E-state index in [4.69, 9.17) is 4.42 Å². The summed E-state index contributed by atoms with van der Waals surface area (Å²) in [5.74, 6) is -0.0695. The van der Waals surface area contributed by atoms with Gasteiger partial charge in [0.25, 0.3) is 5.91 Å². The van der Waals surface area contributed by atoms with E-state index in [0.29, 0.717) is 5.76 Å². The summed E-state index contributed by atoms with van der Waals surface area (Å²) in [4.78, 5) is 36.6. The predicted octanol–water partition coefficient (Wildman–Crippen LogP) is 0.369. The van der Waals surface area contributed by atoms with Crippen LogP contribution in [0.4, 0.5) is 4.79 Å². The first kappa shape index (κ1) is 12.7. The lowest BCUT2D eigenvalue weighted by Gasteiger charge is -2.11. The summed E-state index contributed by atoms with van der Waals surface area (Å²) >= 11 is 0. The maximum Gasteiger partial charge on any atom is 0.325 e. The normalized spacial score (nSPS) is 22.0. The third-order valence-corrected chi connectivity index (χ3v) is 3.33. The molecule has 3 rings (SSSR count). The molecule has 1 aromatic rings. The van der Waals surface area contributed by atoms with Crippen molar-refractivity contribution in [1.82, 2.24) is 15.5 Å². The van der Waals surface area contributed by atoms with E-state index in [1.807, 2.05) is 0 Å². The second kappa shape index (κ2) is 4.99. The van der Waals surface area contributed by atoms with Gasteiger partial charge in [-0.2, -0.15) is 0 Å². The van der Waals surface area contributed by atoms with E-state index in [9.17, 15) is 14.4 Å². The van der Waals surface area contributed by atoms with Crippen molar-refractivity contribution in [2.75, 3.05) is 0 Å². The number of hydrogen-bond donors (Lipinski definition) is 2. The number of urea groups is 1. The van der Waals surface area contributed by atoms with Crippen LogP contribution in [0.25, 0.3) is 0 Å². The van der Waals surface area contributed by atoms with E-state index in [2.05, 4.69) is 10.6 Å². The van der Waals surface area contributed by atoms with Crippen molar-refractivity contribution in [3.63, 3.8) is 0 Å². The van der Waals surface area contributed by atoms with Gasteiger partial charge in [-0.05, 0) is 25.0 Å². The number of carbonyl (C=O) groups excluding carboxylic acids is 3. The van der Waals surface area contributed by atoms with Crippen molar-refractivity contribution in [2.45, 2.75) is 37.9 Å². The van der Waals surface area contributed by atoms with Crippen LogP contribution in [0.5, 0.6) is 0 Å². The van der Waals surface area contributed by atoms with Gasteiger partial charge in [-0.1, -0.05) is 0 Å². The molecule has 1 saturated carbocycles. The first-order chi connectivity index (χ1) is 9.63. The number of carbonyl (C=O) groups is 3. The second-order valence-corrected chi connectivity index (χ2v) is 5.05. The fraction of sp³-hybridized carbons (Fsp3) is 0.462. The molecule has 7 nitrogen and oxygen atoms in total. The molecule has 1 atom stereocenters. The molecule has 0 aromatic carbocycles. The lowest BCUT2D eigenvalue weighted by molar-refractivity contribution is -0.131. The van der Waals surface area contributed by atoms with Crippen molar-refractivity contribution >= 4 is 17.8 Å². The van der Waals surface area contributed by atoms with Crippen LogP contribution >= 0.6 is 0 Å². The maximum absolute atomic E-state index is 12.1. The molecule has 2 fully saturated rings. The summed E-state index contributed by atoms with van der Waals surface area (Å²) < 4.78 is 5.12. The monoisotopic (exact) mass is 277 g/mol. The molecule has 0 radical (unpaired) electrons. The van der Waals surface area contributed by atoms with Gasteiger partial charge in [-0.15, -0.1) is 0 Å². The SMILES string of the molecule is O=C(C[C@H]1NC(=O)N(Cc2ccco2)C1=O)NC1CC1. The second-order valence-electron chi connectivity index (χ2n) is 5.05. The highest BCUT2D eigenvalue weighted by Gasteiger charge is 2.39. The van der Waals surface area contributed by atoms with Crippen LogP contribution in [-0.2, 0) is 16.1 Å². The molecular formula is C13H15N3O4.